The minimum atomic E-state index is -0.572. The number of halogens is 2. The van der Waals surface area contributed by atoms with Crippen LogP contribution in [0.25, 0.3) is 0 Å². The molecule has 0 radical (unpaired) electrons. The van der Waals surface area contributed by atoms with Crippen molar-refractivity contribution in [3.05, 3.63) is 28.2 Å². The van der Waals surface area contributed by atoms with Crippen molar-refractivity contribution in [1.29, 1.82) is 0 Å². The van der Waals surface area contributed by atoms with Crippen LogP contribution in [0.3, 0.4) is 0 Å². The lowest BCUT2D eigenvalue weighted by Gasteiger charge is -2.32. The number of piperidine rings is 1. The minimum absolute atomic E-state index is 0.0498. The Labute approximate surface area is 128 Å². The smallest absolute Gasteiger partial charge is 0.263 e. The summed E-state index contributed by atoms with van der Waals surface area (Å²) in [6.07, 6.45) is 1.33. The number of nitrogens with two attached hydrogens (primary N) is 1. The predicted molar refractivity (Wildman–Crippen MR) is 80.3 cm³/mol. The molecule has 1 aliphatic rings. The molecule has 2 atom stereocenters. The van der Waals surface area contributed by atoms with Gasteiger partial charge in [0.25, 0.3) is 5.91 Å². The van der Waals surface area contributed by atoms with E-state index >= 15 is 0 Å². The van der Waals surface area contributed by atoms with E-state index in [2.05, 4.69) is 0 Å². The van der Waals surface area contributed by atoms with Crippen molar-refractivity contribution in [2.24, 2.45) is 5.73 Å². The molecule has 0 saturated carbocycles. The van der Waals surface area contributed by atoms with E-state index in [4.69, 9.17) is 33.7 Å². The maximum absolute atomic E-state index is 12.3. The van der Waals surface area contributed by atoms with E-state index < -0.39 is 6.10 Å². The van der Waals surface area contributed by atoms with E-state index in [9.17, 15) is 4.79 Å². The second kappa shape index (κ2) is 6.66. The first-order valence-electron chi connectivity index (χ1n) is 6.63. The molecule has 0 aliphatic carbocycles. The predicted octanol–water partition coefficient (Wildman–Crippen LogP) is 2.71. The lowest BCUT2D eigenvalue weighted by Crippen LogP contribution is -2.49. The molecule has 2 rings (SSSR count). The highest BCUT2D eigenvalue weighted by Crippen LogP contribution is 2.27. The number of nitrogens with zero attached hydrogens (tertiary/aromatic N) is 1. The molecule has 1 aliphatic heterocycles. The number of benzene rings is 1. The molecule has 1 saturated heterocycles. The normalized spacial score (nSPS) is 20.6. The van der Waals surface area contributed by atoms with E-state index in [0.29, 0.717) is 22.3 Å². The summed E-state index contributed by atoms with van der Waals surface area (Å²) in [5, 5.41) is 0.865. The first-order chi connectivity index (χ1) is 9.47. The van der Waals surface area contributed by atoms with Gasteiger partial charge < -0.3 is 15.4 Å². The van der Waals surface area contributed by atoms with Crippen LogP contribution in [-0.2, 0) is 4.79 Å². The molecular formula is C14H18Cl2N2O2. The van der Waals surface area contributed by atoms with E-state index in [-0.39, 0.29) is 11.9 Å². The van der Waals surface area contributed by atoms with Crippen LogP contribution < -0.4 is 10.5 Å². The zero-order valence-electron chi connectivity index (χ0n) is 11.3. The molecule has 1 heterocycles. The molecule has 110 valence electrons. The number of ether oxygens (including phenoxy) is 1. The molecule has 6 heteroatoms. The van der Waals surface area contributed by atoms with Gasteiger partial charge in [0.15, 0.2) is 6.10 Å². The molecule has 0 spiro atoms. The molecule has 0 aromatic heterocycles. The van der Waals surface area contributed by atoms with Gasteiger partial charge in [-0.25, -0.2) is 0 Å². The summed E-state index contributed by atoms with van der Waals surface area (Å²) >= 11 is 11.8. The van der Waals surface area contributed by atoms with Gasteiger partial charge in [0.2, 0.25) is 0 Å². The topological polar surface area (TPSA) is 55.6 Å². The van der Waals surface area contributed by atoms with Crippen LogP contribution in [-0.4, -0.2) is 36.0 Å². The first-order valence-corrected chi connectivity index (χ1v) is 7.39. The number of likely N-dealkylation sites (tertiary alicyclic amines) is 1. The Kier molecular flexibility index (Phi) is 5.13. The van der Waals surface area contributed by atoms with Gasteiger partial charge in [0.05, 0.1) is 10.0 Å². The van der Waals surface area contributed by atoms with E-state index in [1.54, 1.807) is 30.0 Å². The SMILES string of the molecule is CC(Oc1ccc(Cl)c(Cl)c1)C(=O)N1CCCC(N)C1. The van der Waals surface area contributed by atoms with Gasteiger partial charge >= 0.3 is 0 Å². The summed E-state index contributed by atoms with van der Waals surface area (Å²) in [4.78, 5) is 14.0. The molecule has 2 unspecified atom stereocenters. The third-order valence-corrected chi connectivity index (χ3v) is 4.06. The highest BCUT2D eigenvalue weighted by molar-refractivity contribution is 6.42. The van der Waals surface area contributed by atoms with E-state index in [1.165, 1.54) is 0 Å². The Morgan fingerprint density at radius 1 is 1.45 bits per heavy atom. The van der Waals surface area contributed by atoms with E-state index in [0.717, 1.165) is 19.4 Å². The van der Waals surface area contributed by atoms with Gasteiger partial charge in [-0.15, -0.1) is 0 Å². The first kappa shape index (κ1) is 15.4. The second-order valence-corrected chi connectivity index (χ2v) is 5.84. The van der Waals surface area contributed by atoms with Crippen LogP contribution in [0.15, 0.2) is 18.2 Å². The van der Waals surface area contributed by atoms with Crippen LogP contribution in [0.5, 0.6) is 5.75 Å². The lowest BCUT2D eigenvalue weighted by atomic mass is 10.1. The quantitative estimate of drug-likeness (QED) is 0.932. The Morgan fingerprint density at radius 3 is 2.85 bits per heavy atom. The fraction of sp³-hybridized carbons (Fsp3) is 0.500. The number of hydrogen-bond acceptors (Lipinski definition) is 3. The number of amides is 1. The molecule has 20 heavy (non-hydrogen) atoms. The Bertz CT molecular complexity index is 496. The minimum Gasteiger partial charge on any atom is -0.481 e. The summed E-state index contributed by atoms with van der Waals surface area (Å²) in [6.45, 7) is 3.06. The molecule has 2 N–H and O–H groups in total. The fourth-order valence-corrected chi connectivity index (χ4v) is 2.56. The van der Waals surface area contributed by atoms with Gasteiger partial charge in [0.1, 0.15) is 5.75 Å². The number of carbonyl (C=O) groups excluding carboxylic acids is 1. The molecule has 0 bridgehead atoms. The van der Waals surface area contributed by atoms with Crippen LogP contribution in [0, 0.1) is 0 Å². The zero-order chi connectivity index (χ0) is 14.7. The molecule has 4 nitrogen and oxygen atoms in total. The molecule has 1 aromatic rings. The average Bonchev–Trinajstić information content (AvgIpc) is 2.42. The van der Waals surface area contributed by atoms with Crippen LogP contribution in [0.4, 0.5) is 0 Å². The van der Waals surface area contributed by atoms with Crippen molar-refractivity contribution in [1.82, 2.24) is 4.90 Å². The molecule has 1 fully saturated rings. The Balaban J connectivity index is 1.98. The van der Waals surface area contributed by atoms with Crippen molar-refractivity contribution >= 4 is 29.1 Å². The van der Waals surface area contributed by atoms with Gasteiger partial charge in [0, 0.05) is 25.2 Å². The van der Waals surface area contributed by atoms with Crippen molar-refractivity contribution in [2.45, 2.75) is 31.9 Å². The Morgan fingerprint density at radius 2 is 2.20 bits per heavy atom. The summed E-state index contributed by atoms with van der Waals surface area (Å²) in [7, 11) is 0. The zero-order valence-corrected chi connectivity index (χ0v) is 12.8. The van der Waals surface area contributed by atoms with Crippen molar-refractivity contribution in [2.75, 3.05) is 13.1 Å². The summed E-state index contributed by atoms with van der Waals surface area (Å²) in [5.41, 5.74) is 5.89. The molecule has 1 aromatic carbocycles. The summed E-state index contributed by atoms with van der Waals surface area (Å²) < 4.78 is 5.63. The average molecular weight is 317 g/mol. The lowest BCUT2D eigenvalue weighted by molar-refractivity contribution is -0.139. The fourth-order valence-electron chi connectivity index (χ4n) is 2.27. The monoisotopic (exact) mass is 316 g/mol. The van der Waals surface area contributed by atoms with Gasteiger partial charge in [-0.2, -0.15) is 0 Å². The van der Waals surface area contributed by atoms with Crippen molar-refractivity contribution < 1.29 is 9.53 Å². The van der Waals surface area contributed by atoms with Gasteiger partial charge in [-0.1, -0.05) is 23.2 Å². The maximum atomic E-state index is 12.3. The van der Waals surface area contributed by atoms with Crippen molar-refractivity contribution in [3.63, 3.8) is 0 Å². The third-order valence-electron chi connectivity index (χ3n) is 3.32. The van der Waals surface area contributed by atoms with E-state index in [1.807, 2.05) is 0 Å². The Hall–Kier alpha value is -0.970. The second-order valence-electron chi connectivity index (χ2n) is 5.02. The maximum Gasteiger partial charge on any atom is 0.263 e. The van der Waals surface area contributed by atoms with Crippen LogP contribution in [0.2, 0.25) is 10.0 Å². The number of hydrogen-bond donors (Lipinski definition) is 1. The highest BCUT2D eigenvalue weighted by Gasteiger charge is 2.26. The van der Waals surface area contributed by atoms with Gasteiger partial charge in [-0.05, 0) is 31.9 Å². The largest absolute Gasteiger partial charge is 0.481 e. The standard InChI is InChI=1S/C14H18Cl2N2O2/c1-9(14(19)18-6-2-3-10(17)8-18)20-11-4-5-12(15)13(16)7-11/h4-5,7,9-10H,2-3,6,8,17H2,1H3. The summed E-state index contributed by atoms with van der Waals surface area (Å²) in [6, 6.07) is 5.01. The number of rotatable bonds is 3. The van der Waals surface area contributed by atoms with Crippen molar-refractivity contribution in [3.8, 4) is 5.75 Å². The summed E-state index contributed by atoms with van der Waals surface area (Å²) in [5.74, 6) is 0.479. The van der Waals surface area contributed by atoms with Gasteiger partial charge in [-0.3, -0.25) is 4.79 Å². The number of carbonyl (C=O) groups is 1. The molecular weight excluding hydrogens is 299 g/mol. The van der Waals surface area contributed by atoms with Crippen LogP contribution >= 0.6 is 23.2 Å². The van der Waals surface area contributed by atoms with Crippen LogP contribution in [0.1, 0.15) is 19.8 Å². The third kappa shape index (κ3) is 3.78. The highest BCUT2D eigenvalue weighted by atomic mass is 35.5. The molecule has 1 amide bonds.